The Hall–Kier alpha value is -2.14. The van der Waals surface area contributed by atoms with Gasteiger partial charge in [-0.05, 0) is 43.5 Å². The molecule has 2 aromatic rings. The van der Waals surface area contributed by atoms with Gasteiger partial charge in [0.05, 0.1) is 12.0 Å². The third-order valence-corrected chi connectivity index (χ3v) is 5.14. The van der Waals surface area contributed by atoms with Crippen molar-refractivity contribution >= 4 is 23.5 Å². The molecule has 0 saturated carbocycles. The molecule has 1 saturated heterocycles. The summed E-state index contributed by atoms with van der Waals surface area (Å²) in [5.74, 6) is 0.841. The second-order valence-corrected chi connectivity index (χ2v) is 6.95. The highest BCUT2D eigenvalue weighted by molar-refractivity contribution is 6.30. The van der Waals surface area contributed by atoms with Crippen LogP contribution in [0.25, 0.3) is 0 Å². The summed E-state index contributed by atoms with van der Waals surface area (Å²) in [6, 6.07) is 9.48. The van der Waals surface area contributed by atoms with Crippen LogP contribution in [-0.2, 0) is 4.79 Å². The Bertz CT molecular complexity index is 707. The lowest BCUT2D eigenvalue weighted by molar-refractivity contribution is -0.136. The number of carbonyl (C=O) groups excluding carboxylic acids is 1. The van der Waals surface area contributed by atoms with Crippen LogP contribution in [0.1, 0.15) is 31.4 Å². The van der Waals surface area contributed by atoms with E-state index in [0.29, 0.717) is 17.5 Å². The largest absolute Gasteiger partial charge is 0.340 e. The number of halogens is 1. The molecule has 0 spiro atoms. The molecular weight excluding hydrogens is 336 g/mol. The maximum atomic E-state index is 13.0. The Labute approximate surface area is 153 Å². The second kappa shape index (κ2) is 7.83. The third-order valence-electron chi connectivity index (χ3n) is 4.89. The van der Waals surface area contributed by atoms with Crippen molar-refractivity contribution in [3.63, 3.8) is 0 Å². The maximum Gasteiger partial charge on any atom is 0.227 e. The summed E-state index contributed by atoms with van der Waals surface area (Å²) in [5, 5.41) is 0.704. The van der Waals surface area contributed by atoms with E-state index in [1.165, 1.54) is 0 Å². The summed E-state index contributed by atoms with van der Waals surface area (Å²) in [6.07, 6.45) is 5.35. The first-order valence-electron chi connectivity index (χ1n) is 8.60. The number of piperidine rings is 1. The van der Waals surface area contributed by atoms with Gasteiger partial charge in [0.1, 0.15) is 0 Å². The maximum absolute atomic E-state index is 13.0. The van der Waals surface area contributed by atoms with Gasteiger partial charge in [-0.2, -0.15) is 0 Å². The van der Waals surface area contributed by atoms with Gasteiger partial charge in [0.15, 0.2) is 0 Å². The third kappa shape index (κ3) is 4.10. The molecule has 0 radical (unpaired) electrons. The molecule has 6 heteroatoms. The minimum absolute atomic E-state index is 0.00752. The molecule has 3 rings (SSSR count). The molecule has 132 valence electrons. The van der Waals surface area contributed by atoms with Crippen molar-refractivity contribution in [3.05, 3.63) is 53.3 Å². The van der Waals surface area contributed by atoms with Crippen molar-refractivity contribution in [1.82, 2.24) is 14.9 Å². The topological polar surface area (TPSA) is 49.3 Å². The van der Waals surface area contributed by atoms with Gasteiger partial charge in [0.2, 0.25) is 11.9 Å². The van der Waals surface area contributed by atoms with Gasteiger partial charge in [-0.3, -0.25) is 4.79 Å². The van der Waals surface area contributed by atoms with Crippen molar-refractivity contribution in [2.24, 2.45) is 5.92 Å². The molecule has 2 heterocycles. The molecule has 5 nitrogen and oxygen atoms in total. The quantitative estimate of drug-likeness (QED) is 0.838. The standard InChI is InChI=1S/C19H23ClN4O/c1-14(15-6-8-17(20)9-7-15)23(2)18(25)16-5-3-12-24(13-16)19-21-10-4-11-22-19/h4,6-11,14,16H,3,5,12-13H2,1-2H3. The van der Waals surface area contributed by atoms with E-state index < -0.39 is 0 Å². The van der Waals surface area contributed by atoms with Crippen LogP contribution in [0.15, 0.2) is 42.7 Å². The monoisotopic (exact) mass is 358 g/mol. The molecule has 1 aromatic heterocycles. The second-order valence-electron chi connectivity index (χ2n) is 6.51. The number of rotatable bonds is 4. The van der Waals surface area contributed by atoms with Crippen LogP contribution in [0.5, 0.6) is 0 Å². The molecule has 2 atom stereocenters. The lowest BCUT2D eigenvalue weighted by Crippen LogP contribution is -2.44. The van der Waals surface area contributed by atoms with Crippen LogP contribution < -0.4 is 4.90 Å². The average molecular weight is 359 g/mol. The molecule has 1 aliphatic rings. The lowest BCUT2D eigenvalue weighted by Gasteiger charge is -2.35. The highest BCUT2D eigenvalue weighted by atomic mass is 35.5. The number of benzene rings is 1. The zero-order chi connectivity index (χ0) is 17.8. The van der Waals surface area contributed by atoms with Gasteiger partial charge in [-0.25, -0.2) is 9.97 Å². The van der Waals surface area contributed by atoms with Gasteiger partial charge in [0.25, 0.3) is 0 Å². The Balaban J connectivity index is 1.68. The molecule has 0 N–H and O–H groups in total. The zero-order valence-corrected chi connectivity index (χ0v) is 15.4. The fourth-order valence-electron chi connectivity index (χ4n) is 3.26. The highest BCUT2D eigenvalue weighted by Crippen LogP contribution is 2.26. The molecule has 1 fully saturated rings. The van der Waals surface area contributed by atoms with Gasteiger partial charge in [0, 0.05) is 37.6 Å². The molecule has 25 heavy (non-hydrogen) atoms. The van der Waals surface area contributed by atoms with Crippen LogP contribution in [0.4, 0.5) is 5.95 Å². The van der Waals surface area contributed by atoms with Gasteiger partial charge < -0.3 is 9.80 Å². The molecule has 0 aliphatic carbocycles. The van der Waals surface area contributed by atoms with Gasteiger partial charge >= 0.3 is 0 Å². The number of carbonyl (C=O) groups is 1. The summed E-state index contributed by atoms with van der Waals surface area (Å²) in [5.41, 5.74) is 1.08. The highest BCUT2D eigenvalue weighted by Gasteiger charge is 2.30. The van der Waals surface area contributed by atoms with E-state index in [0.717, 1.165) is 24.9 Å². The van der Waals surface area contributed by atoms with E-state index in [-0.39, 0.29) is 17.9 Å². The number of nitrogens with zero attached hydrogens (tertiary/aromatic N) is 4. The first-order chi connectivity index (χ1) is 12.1. The van der Waals surface area contributed by atoms with E-state index in [4.69, 9.17) is 11.6 Å². The first-order valence-corrected chi connectivity index (χ1v) is 8.98. The average Bonchev–Trinajstić information content (AvgIpc) is 2.67. The Morgan fingerprint density at radius 3 is 2.64 bits per heavy atom. The molecule has 1 aromatic carbocycles. The Morgan fingerprint density at radius 2 is 1.96 bits per heavy atom. The minimum Gasteiger partial charge on any atom is -0.340 e. The Morgan fingerprint density at radius 1 is 1.28 bits per heavy atom. The van der Waals surface area contributed by atoms with Crippen LogP contribution in [0.3, 0.4) is 0 Å². The predicted molar refractivity (Wildman–Crippen MR) is 99.6 cm³/mol. The normalized spacial score (nSPS) is 18.7. The predicted octanol–water partition coefficient (Wildman–Crippen LogP) is 3.57. The SMILES string of the molecule is CC(c1ccc(Cl)cc1)N(C)C(=O)C1CCCN(c2ncccn2)C1. The smallest absolute Gasteiger partial charge is 0.227 e. The van der Waals surface area contributed by atoms with E-state index in [1.54, 1.807) is 18.5 Å². The van der Waals surface area contributed by atoms with Crippen molar-refractivity contribution in [3.8, 4) is 0 Å². The number of aromatic nitrogens is 2. The number of anilines is 1. The van der Waals surface area contributed by atoms with Crippen molar-refractivity contribution in [1.29, 1.82) is 0 Å². The number of hydrogen-bond donors (Lipinski definition) is 0. The van der Waals surface area contributed by atoms with Crippen molar-refractivity contribution in [2.75, 3.05) is 25.0 Å². The van der Waals surface area contributed by atoms with Gasteiger partial charge in [-0.1, -0.05) is 23.7 Å². The Kier molecular flexibility index (Phi) is 5.53. The summed E-state index contributed by atoms with van der Waals surface area (Å²) in [4.78, 5) is 25.5. The molecule has 1 aliphatic heterocycles. The van der Waals surface area contributed by atoms with Crippen LogP contribution >= 0.6 is 11.6 Å². The van der Waals surface area contributed by atoms with Crippen LogP contribution in [0.2, 0.25) is 5.02 Å². The summed E-state index contributed by atoms with van der Waals surface area (Å²) in [6.45, 7) is 3.60. The molecular formula is C19H23ClN4O. The van der Waals surface area contributed by atoms with Crippen LogP contribution in [-0.4, -0.2) is 40.9 Å². The van der Waals surface area contributed by atoms with Crippen molar-refractivity contribution < 1.29 is 4.79 Å². The zero-order valence-electron chi connectivity index (χ0n) is 14.6. The van der Waals surface area contributed by atoms with E-state index in [1.807, 2.05) is 43.1 Å². The van der Waals surface area contributed by atoms with Crippen molar-refractivity contribution in [2.45, 2.75) is 25.8 Å². The number of amides is 1. The fourth-order valence-corrected chi connectivity index (χ4v) is 3.38. The van der Waals surface area contributed by atoms with Gasteiger partial charge in [-0.15, -0.1) is 0 Å². The molecule has 0 bridgehead atoms. The first kappa shape index (κ1) is 17.7. The summed E-state index contributed by atoms with van der Waals surface area (Å²) in [7, 11) is 1.87. The fraction of sp³-hybridized carbons (Fsp3) is 0.421. The molecule has 1 amide bonds. The van der Waals surface area contributed by atoms with Crippen LogP contribution in [0, 0.1) is 5.92 Å². The van der Waals surface area contributed by atoms with E-state index in [2.05, 4.69) is 14.9 Å². The lowest BCUT2D eigenvalue weighted by atomic mass is 9.95. The summed E-state index contributed by atoms with van der Waals surface area (Å²) >= 11 is 5.96. The van der Waals surface area contributed by atoms with E-state index >= 15 is 0 Å². The molecule has 2 unspecified atom stereocenters. The minimum atomic E-state index is -0.0303. The van der Waals surface area contributed by atoms with E-state index in [9.17, 15) is 4.79 Å². The number of hydrogen-bond acceptors (Lipinski definition) is 4. The summed E-state index contributed by atoms with van der Waals surface area (Å²) < 4.78 is 0.